The van der Waals surface area contributed by atoms with Crippen molar-refractivity contribution in [3.63, 3.8) is 0 Å². The summed E-state index contributed by atoms with van der Waals surface area (Å²) in [7, 11) is 0. The van der Waals surface area contributed by atoms with E-state index < -0.39 is 30.7 Å². The average molecular weight is 290 g/mol. The van der Waals surface area contributed by atoms with Gasteiger partial charge in [0, 0.05) is 12.2 Å². The SMILES string of the molecule is O=C(NCC(F)(F)C(F)F)C1CCNc2ccccc21. The molecule has 1 unspecified atom stereocenters. The zero-order valence-electron chi connectivity index (χ0n) is 10.5. The topological polar surface area (TPSA) is 41.1 Å². The van der Waals surface area contributed by atoms with Gasteiger partial charge in [-0.05, 0) is 18.1 Å². The van der Waals surface area contributed by atoms with E-state index >= 15 is 0 Å². The number of benzene rings is 1. The van der Waals surface area contributed by atoms with Crippen LogP contribution in [0.15, 0.2) is 24.3 Å². The fourth-order valence-electron chi connectivity index (χ4n) is 2.15. The van der Waals surface area contributed by atoms with E-state index in [0.29, 0.717) is 18.5 Å². The third kappa shape index (κ3) is 3.02. The summed E-state index contributed by atoms with van der Waals surface area (Å²) < 4.78 is 49.7. The van der Waals surface area contributed by atoms with Gasteiger partial charge in [-0.25, -0.2) is 8.78 Å². The number of rotatable bonds is 4. The summed E-state index contributed by atoms with van der Waals surface area (Å²) in [5, 5.41) is 5.01. The van der Waals surface area contributed by atoms with Crippen molar-refractivity contribution in [2.45, 2.75) is 24.7 Å². The van der Waals surface area contributed by atoms with Gasteiger partial charge in [-0.3, -0.25) is 4.79 Å². The van der Waals surface area contributed by atoms with Gasteiger partial charge >= 0.3 is 12.3 Å². The highest BCUT2D eigenvalue weighted by atomic mass is 19.3. The molecule has 1 heterocycles. The third-order valence-corrected chi connectivity index (χ3v) is 3.22. The molecule has 0 saturated heterocycles. The molecule has 20 heavy (non-hydrogen) atoms. The first kappa shape index (κ1) is 14.6. The van der Waals surface area contributed by atoms with E-state index in [1.807, 2.05) is 5.32 Å². The van der Waals surface area contributed by atoms with Crippen molar-refractivity contribution in [3.8, 4) is 0 Å². The second kappa shape index (κ2) is 5.68. The van der Waals surface area contributed by atoms with Crippen LogP contribution >= 0.6 is 0 Å². The van der Waals surface area contributed by atoms with Crippen molar-refractivity contribution >= 4 is 11.6 Å². The molecule has 3 nitrogen and oxygen atoms in total. The van der Waals surface area contributed by atoms with Crippen molar-refractivity contribution in [3.05, 3.63) is 29.8 Å². The monoisotopic (exact) mass is 290 g/mol. The molecule has 1 aliphatic heterocycles. The molecule has 0 aliphatic carbocycles. The summed E-state index contributed by atoms with van der Waals surface area (Å²) in [6, 6.07) is 7.02. The number of para-hydroxylation sites is 1. The molecule has 1 atom stereocenters. The molecule has 0 saturated carbocycles. The van der Waals surface area contributed by atoms with E-state index in [1.54, 1.807) is 24.3 Å². The van der Waals surface area contributed by atoms with Gasteiger partial charge in [0.05, 0.1) is 12.5 Å². The van der Waals surface area contributed by atoms with Crippen LogP contribution in [-0.4, -0.2) is 31.3 Å². The summed E-state index contributed by atoms with van der Waals surface area (Å²) in [5.74, 6) is -5.46. The van der Waals surface area contributed by atoms with Crippen molar-refractivity contribution in [2.75, 3.05) is 18.4 Å². The summed E-state index contributed by atoms with van der Waals surface area (Å²) in [6.07, 6.45) is -3.36. The van der Waals surface area contributed by atoms with E-state index in [9.17, 15) is 22.4 Å². The Morgan fingerprint density at radius 3 is 2.80 bits per heavy atom. The lowest BCUT2D eigenvalue weighted by molar-refractivity contribution is -0.137. The van der Waals surface area contributed by atoms with Crippen molar-refractivity contribution in [2.24, 2.45) is 0 Å². The summed E-state index contributed by atoms with van der Waals surface area (Å²) in [5.41, 5.74) is 1.45. The number of anilines is 1. The first-order valence-corrected chi connectivity index (χ1v) is 6.18. The van der Waals surface area contributed by atoms with Crippen molar-refractivity contribution < 1.29 is 22.4 Å². The number of alkyl halides is 4. The normalized spacial score (nSPS) is 18.4. The molecule has 1 aromatic carbocycles. The highest BCUT2D eigenvalue weighted by molar-refractivity contribution is 5.86. The van der Waals surface area contributed by atoms with Crippen LogP contribution in [0.2, 0.25) is 0 Å². The minimum atomic E-state index is -4.21. The van der Waals surface area contributed by atoms with Crippen LogP contribution in [-0.2, 0) is 4.79 Å². The Kier molecular flexibility index (Phi) is 4.15. The van der Waals surface area contributed by atoms with E-state index in [1.165, 1.54) is 0 Å². The van der Waals surface area contributed by atoms with Crippen molar-refractivity contribution in [1.82, 2.24) is 5.32 Å². The smallest absolute Gasteiger partial charge is 0.324 e. The molecule has 1 aromatic rings. The molecule has 0 bridgehead atoms. The molecule has 2 rings (SSSR count). The lowest BCUT2D eigenvalue weighted by Crippen LogP contribution is -2.43. The van der Waals surface area contributed by atoms with E-state index in [4.69, 9.17) is 0 Å². The Labute approximate surface area is 113 Å². The summed E-state index contributed by atoms with van der Waals surface area (Å²) >= 11 is 0. The van der Waals surface area contributed by atoms with Crippen molar-refractivity contribution in [1.29, 1.82) is 0 Å². The van der Waals surface area contributed by atoms with Gasteiger partial charge in [0.1, 0.15) is 0 Å². The van der Waals surface area contributed by atoms with E-state index in [2.05, 4.69) is 5.32 Å². The van der Waals surface area contributed by atoms with Crippen LogP contribution in [0, 0.1) is 0 Å². The average Bonchev–Trinajstić information content (AvgIpc) is 2.44. The predicted octanol–water partition coefficient (Wildman–Crippen LogP) is 2.60. The molecule has 1 aliphatic rings. The molecule has 7 heteroatoms. The van der Waals surface area contributed by atoms with Crippen LogP contribution in [0.4, 0.5) is 23.2 Å². The van der Waals surface area contributed by atoms with Crippen LogP contribution in [0.5, 0.6) is 0 Å². The van der Waals surface area contributed by atoms with Gasteiger partial charge in [0.15, 0.2) is 0 Å². The van der Waals surface area contributed by atoms with Gasteiger partial charge in [-0.1, -0.05) is 18.2 Å². The largest absolute Gasteiger partial charge is 0.385 e. The molecular weight excluding hydrogens is 276 g/mol. The standard InChI is InChI=1S/C13H14F4N2O/c14-12(15)13(16,17)7-19-11(20)9-5-6-18-10-4-2-1-3-8(9)10/h1-4,9,12,18H,5-7H2,(H,19,20). The quantitative estimate of drug-likeness (QED) is 0.837. The van der Waals surface area contributed by atoms with Gasteiger partial charge < -0.3 is 10.6 Å². The number of amides is 1. The summed E-state index contributed by atoms with van der Waals surface area (Å²) in [6.45, 7) is -0.823. The second-order valence-corrected chi connectivity index (χ2v) is 4.63. The fraction of sp³-hybridized carbons (Fsp3) is 0.462. The van der Waals surface area contributed by atoms with Crippen LogP contribution in [0.3, 0.4) is 0 Å². The van der Waals surface area contributed by atoms with Crippen LogP contribution < -0.4 is 10.6 Å². The second-order valence-electron chi connectivity index (χ2n) is 4.63. The third-order valence-electron chi connectivity index (χ3n) is 3.22. The zero-order chi connectivity index (χ0) is 14.8. The molecule has 0 aromatic heterocycles. The minimum absolute atomic E-state index is 0.434. The van der Waals surface area contributed by atoms with Gasteiger partial charge in [0.25, 0.3) is 0 Å². The molecule has 2 N–H and O–H groups in total. The zero-order valence-corrected chi connectivity index (χ0v) is 10.5. The van der Waals surface area contributed by atoms with E-state index in [0.717, 1.165) is 5.69 Å². The van der Waals surface area contributed by atoms with Gasteiger partial charge in [-0.2, -0.15) is 8.78 Å². The molecule has 0 fully saturated rings. The van der Waals surface area contributed by atoms with Crippen LogP contribution in [0.1, 0.15) is 17.9 Å². The fourth-order valence-corrected chi connectivity index (χ4v) is 2.15. The number of fused-ring (bicyclic) bond motifs is 1. The van der Waals surface area contributed by atoms with E-state index in [-0.39, 0.29) is 0 Å². The number of hydrogen-bond donors (Lipinski definition) is 2. The predicted molar refractivity (Wildman–Crippen MR) is 66.3 cm³/mol. The number of halogens is 4. The molecular formula is C13H14F4N2O. The molecule has 1 amide bonds. The highest BCUT2D eigenvalue weighted by Gasteiger charge is 2.41. The lowest BCUT2D eigenvalue weighted by Gasteiger charge is -2.26. The van der Waals surface area contributed by atoms with Gasteiger partial charge in [0.2, 0.25) is 5.91 Å². The first-order chi connectivity index (χ1) is 9.42. The number of hydrogen-bond acceptors (Lipinski definition) is 2. The maximum Gasteiger partial charge on any atom is 0.324 e. The molecule has 0 radical (unpaired) electrons. The molecule has 110 valence electrons. The van der Waals surface area contributed by atoms with Crippen LogP contribution in [0.25, 0.3) is 0 Å². The maximum atomic E-state index is 12.8. The number of carbonyl (C=O) groups excluding carboxylic acids is 1. The maximum absolute atomic E-state index is 12.8. The summed E-state index contributed by atoms with van der Waals surface area (Å²) in [4.78, 5) is 11.9. The Morgan fingerprint density at radius 1 is 1.40 bits per heavy atom. The number of carbonyl (C=O) groups is 1. The lowest BCUT2D eigenvalue weighted by atomic mass is 9.90. The Morgan fingerprint density at radius 2 is 2.10 bits per heavy atom. The Bertz CT molecular complexity index is 493. The number of nitrogens with one attached hydrogen (secondary N) is 2. The minimum Gasteiger partial charge on any atom is -0.385 e. The first-order valence-electron chi connectivity index (χ1n) is 6.18. The molecule has 0 spiro atoms. The Balaban J connectivity index is 2.04. The highest BCUT2D eigenvalue weighted by Crippen LogP contribution is 2.31. The Hall–Kier alpha value is -1.79. The van der Waals surface area contributed by atoms with Gasteiger partial charge in [-0.15, -0.1) is 0 Å².